The van der Waals surface area contributed by atoms with E-state index in [9.17, 15) is 0 Å². The van der Waals surface area contributed by atoms with E-state index in [4.69, 9.17) is 5.73 Å². The maximum Gasteiger partial charge on any atom is 0.222 e. The first kappa shape index (κ1) is 10.4. The van der Waals surface area contributed by atoms with E-state index in [-0.39, 0.29) is 0 Å². The molecule has 3 N–H and O–H groups in total. The Bertz CT molecular complexity index is 407. The molecule has 0 aliphatic carbocycles. The molecule has 0 aliphatic heterocycles. The molecule has 16 heavy (non-hydrogen) atoms. The Hall–Kier alpha value is -2.11. The molecule has 0 fully saturated rings. The Labute approximate surface area is 93.6 Å². The van der Waals surface area contributed by atoms with Crippen LogP contribution in [0.4, 0.5) is 11.6 Å². The van der Waals surface area contributed by atoms with Crippen LogP contribution in [0.3, 0.4) is 0 Å². The second-order valence-electron chi connectivity index (χ2n) is 3.42. The van der Waals surface area contributed by atoms with Crippen LogP contribution in [0.2, 0.25) is 0 Å². The lowest BCUT2D eigenvalue weighted by Crippen LogP contribution is -2.08. The van der Waals surface area contributed by atoms with Crippen LogP contribution in [-0.2, 0) is 6.54 Å². The third-order valence-electron chi connectivity index (χ3n) is 2.11. The van der Waals surface area contributed by atoms with E-state index in [1.807, 2.05) is 10.8 Å². The van der Waals surface area contributed by atoms with Crippen molar-refractivity contribution in [3.8, 4) is 0 Å². The molecule has 0 saturated carbocycles. The van der Waals surface area contributed by atoms with E-state index in [1.165, 1.54) is 0 Å². The van der Waals surface area contributed by atoms with Gasteiger partial charge in [0.15, 0.2) is 0 Å². The van der Waals surface area contributed by atoms with Crippen molar-refractivity contribution in [2.24, 2.45) is 0 Å². The minimum Gasteiger partial charge on any atom is -0.396 e. The van der Waals surface area contributed by atoms with E-state index in [2.05, 4.69) is 20.3 Å². The molecule has 2 heterocycles. The summed E-state index contributed by atoms with van der Waals surface area (Å²) >= 11 is 0. The average Bonchev–Trinajstić information content (AvgIpc) is 2.80. The number of anilines is 2. The van der Waals surface area contributed by atoms with Crippen LogP contribution < -0.4 is 11.1 Å². The first-order valence-electron chi connectivity index (χ1n) is 5.12. The molecule has 2 aromatic heterocycles. The van der Waals surface area contributed by atoms with Gasteiger partial charge in [-0.1, -0.05) is 0 Å². The number of aryl methyl sites for hydroxylation is 1. The van der Waals surface area contributed by atoms with Gasteiger partial charge in [0.1, 0.15) is 0 Å². The zero-order valence-electron chi connectivity index (χ0n) is 8.87. The van der Waals surface area contributed by atoms with Crippen molar-refractivity contribution in [1.29, 1.82) is 0 Å². The number of imidazole rings is 1. The van der Waals surface area contributed by atoms with Gasteiger partial charge in [-0.15, -0.1) is 0 Å². The molecule has 2 rings (SSSR count). The number of nitrogen functional groups attached to an aromatic ring is 1. The largest absolute Gasteiger partial charge is 0.396 e. The number of hydrogen-bond donors (Lipinski definition) is 2. The summed E-state index contributed by atoms with van der Waals surface area (Å²) in [6, 6.07) is 0. The Morgan fingerprint density at radius 2 is 2.12 bits per heavy atom. The Morgan fingerprint density at radius 3 is 2.81 bits per heavy atom. The van der Waals surface area contributed by atoms with Crippen LogP contribution in [0.1, 0.15) is 6.42 Å². The smallest absolute Gasteiger partial charge is 0.222 e. The molecule has 0 amide bonds. The molecule has 84 valence electrons. The van der Waals surface area contributed by atoms with Crippen LogP contribution in [0, 0.1) is 0 Å². The predicted octanol–water partition coefficient (Wildman–Crippen LogP) is 0.757. The molecule has 0 saturated heterocycles. The summed E-state index contributed by atoms with van der Waals surface area (Å²) in [5.74, 6) is 0.611. The summed E-state index contributed by atoms with van der Waals surface area (Å²) in [6.07, 6.45) is 9.69. The molecule has 0 aromatic carbocycles. The summed E-state index contributed by atoms with van der Waals surface area (Å²) in [7, 11) is 0. The van der Waals surface area contributed by atoms with Crippen molar-refractivity contribution in [1.82, 2.24) is 19.5 Å². The summed E-state index contributed by atoms with van der Waals surface area (Å²) in [4.78, 5) is 12.1. The van der Waals surface area contributed by atoms with Crippen molar-refractivity contribution < 1.29 is 0 Å². The van der Waals surface area contributed by atoms with E-state index >= 15 is 0 Å². The quantitative estimate of drug-likeness (QED) is 0.724. The van der Waals surface area contributed by atoms with Gasteiger partial charge in [-0.25, -0.2) is 15.0 Å². The molecule has 0 aliphatic rings. The van der Waals surface area contributed by atoms with Gasteiger partial charge in [0.2, 0.25) is 5.95 Å². The molecule has 6 nitrogen and oxygen atoms in total. The number of hydrogen-bond acceptors (Lipinski definition) is 5. The van der Waals surface area contributed by atoms with Gasteiger partial charge in [0.05, 0.1) is 24.4 Å². The molecule has 0 spiro atoms. The number of nitrogens with zero attached hydrogens (tertiary/aromatic N) is 4. The third-order valence-corrected chi connectivity index (χ3v) is 2.11. The molecule has 0 unspecified atom stereocenters. The van der Waals surface area contributed by atoms with Gasteiger partial charge in [-0.05, 0) is 6.42 Å². The predicted molar refractivity (Wildman–Crippen MR) is 61.8 cm³/mol. The summed E-state index contributed by atoms with van der Waals surface area (Å²) in [5, 5.41) is 3.12. The van der Waals surface area contributed by atoms with Crippen LogP contribution in [-0.4, -0.2) is 26.1 Å². The number of rotatable bonds is 5. The van der Waals surface area contributed by atoms with Gasteiger partial charge < -0.3 is 15.6 Å². The molecule has 0 radical (unpaired) electrons. The monoisotopic (exact) mass is 218 g/mol. The lowest BCUT2D eigenvalue weighted by Gasteiger charge is -2.04. The fraction of sp³-hybridized carbons (Fsp3) is 0.300. The number of nitrogens with two attached hydrogens (primary N) is 1. The lowest BCUT2D eigenvalue weighted by atomic mass is 10.4. The van der Waals surface area contributed by atoms with Crippen molar-refractivity contribution in [3.05, 3.63) is 31.1 Å². The number of nitrogens with one attached hydrogen (secondary N) is 1. The van der Waals surface area contributed by atoms with Gasteiger partial charge >= 0.3 is 0 Å². The van der Waals surface area contributed by atoms with Crippen LogP contribution in [0.5, 0.6) is 0 Å². The minimum atomic E-state index is 0.573. The first-order chi connectivity index (χ1) is 7.84. The zero-order valence-corrected chi connectivity index (χ0v) is 8.87. The maximum atomic E-state index is 5.48. The first-order valence-corrected chi connectivity index (χ1v) is 5.12. The highest BCUT2D eigenvalue weighted by molar-refractivity contribution is 5.35. The van der Waals surface area contributed by atoms with E-state index in [0.717, 1.165) is 19.5 Å². The fourth-order valence-electron chi connectivity index (χ4n) is 1.31. The molecular weight excluding hydrogens is 204 g/mol. The van der Waals surface area contributed by atoms with E-state index in [0.29, 0.717) is 11.6 Å². The Balaban J connectivity index is 1.70. The fourth-order valence-corrected chi connectivity index (χ4v) is 1.31. The van der Waals surface area contributed by atoms with Crippen LogP contribution in [0.25, 0.3) is 0 Å². The zero-order chi connectivity index (χ0) is 11.2. The van der Waals surface area contributed by atoms with Crippen molar-refractivity contribution in [2.75, 3.05) is 17.6 Å². The highest BCUT2D eigenvalue weighted by Crippen LogP contribution is 2.00. The average molecular weight is 218 g/mol. The maximum absolute atomic E-state index is 5.48. The highest BCUT2D eigenvalue weighted by Gasteiger charge is 1.95. The molecule has 6 heteroatoms. The van der Waals surface area contributed by atoms with Gasteiger partial charge in [-0.3, -0.25) is 0 Å². The third kappa shape index (κ3) is 2.94. The normalized spacial score (nSPS) is 10.2. The summed E-state index contributed by atoms with van der Waals surface area (Å²) < 4.78 is 2.03. The molecule has 0 bridgehead atoms. The van der Waals surface area contributed by atoms with Gasteiger partial charge in [0, 0.05) is 25.5 Å². The number of aromatic nitrogens is 4. The second-order valence-corrected chi connectivity index (χ2v) is 3.42. The Kier molecular flexibility index (Phi) is 3.32. The molecule has 2 aromatic rings. The van der Waals surface area contributed by atoms with Crippen molar-refractivity contribution in [3.63, 3.8) is 0 Å². The van der Waals surface area contributed by atoms with Crippen molar-refractivity contribution in [2.45, 2.75) is 13.0 Å². The van der Waals surface area contributed by atoms with E-state index in [1.54, 1.807) is 24.9 Å². The lowest BCUT2D eigenvalue weighted by molar-refractivity contribution is 0.659. The summed E-state index contributed by atoms with van der Waals surface area (Å²) in [5.41, 5.74) is 6.06. The van der Waals surface area contributed by atoms with Crippen molar-refractivity contribution >= 4 is 11.6 Å². The SMILES string of the molecule is Nc1cnc(NCCCn2ccnc2)nc1. The van der Waals surface area contributed by atoms with Gasteiger partial charge in [0.25, 0.3) is 0 Å². The van der Waals surface area contributed by atoms with Gasteiger partial charge in [-0.2, -0.15) is 0 Å². The minimum absolute atomic E-state index is 0.573. The van der Waals surface area contributed by atoms with Crippen LogP contribution >= 0.6 is 0 Å². The molecule has 0 atom stereocenters. The standard InChI is InChI=1S/C10H14N6/c11-9-6-14-10(15-7-9)13-2-1-4-16-5-3-12-8-16/h3,5-8H,1-2,4,11H2,(H,13,14,15). The molecular formula is C10H14N6. The van der Waals surface area contributed by atoms with Crippen LogP contribution in [0.15, 0.2) is 31.1 Å². The van der Waals surface area contributed by atoms with E-state index < -0.39 is 0 Å². The summed E-state index contributed by atoms with van der Waals surface area (Å²) in [6.45, 7) is 1.75. The second kappa shape index (κ2) is 5.11. The topological polar surface area (TPSA) is 81.6 Å². The Morgan fingerprint density at radius 1 is 1.31 bits per heavy atom. The highest BCUT2D eigenvalue weighted by atomic mass is 15.1.